The normalized spacial score (nSPS) is 11.0. The van der Waals surface area contributed by atoms with E-state index in [0.717, 1.165) is 10.9 Å². The van der Waals surface area contributed by atoms with Gasteiger partial charge in [0.15, 0.2) is 28.1 Å². The predicted octanol–water partition coefficient (Wildman–Crippen LogP) is 4.28. The van der Waals surface area contributed by atoms with E-state index in [1.54, 1.807) is 18.8 Å². The number of thioether (sulfide) groups is 1. The van der Waals surface area contributed by atoms with Crippen molar-refractivity contribution >= 4 is 34.3 Å². The molecule has 0 aliphatic carbocycles. The number of anilines is 1. The van der Waals surface area contributed by atoms with Crippen LogP contribution in [0.5, 0.6) is 11.5 Å². The highest BCUT2D eigenvalue weighted by Crippen LogP contribution is 2.33. The average Bonchev–Trinajstić information content (AvgIpc) is 3.35. The van der Waals surface area contributed by atoms with E-state index in [4.69, 9.17) is 13.9 Å². The van der Waals surface area contributed by atoms with E-state index in [1.807, 2.05) is 56.4 Å². The summed E-state index contributed by atoms with van der Waals surface area (Å²) in [5.41, 5.74) is 2.33. The minimum atomic E-state index is -0.160. The van der Waals surface area contributed by atoms with Crippen LogP contribution in [0, 0.1) is 6.92 Å². The Morgan fingerprint density at radius 1 is 1.13 bits per heavy atom. The number of furan rings is 1. The fraction of sp³-hybridized carbons (Fsp3) is 0.227. The van der Waals surface area contributed by atoms with Gasteiger partial charge < -0.3 is 23.8 Å². The molecule has 0 saturated carbocycles. The third-order valence-corrected chi connectivity index (χ3v) is 5.76. The first-order valence-electron chi connectivity index (χ1n) is 9.53. The number of hydrogen-bond acceptors (Lipinski definition) is 7. The molecule has 9 heteroatoms. The van der Waals surface area contributed by atoms with Crippen molar-refractivity contribution in [3.63, 3.8) is 0 Å². The van der Waals surface area contributed by atoms with Crippen molar-refractivity contribution in [3.8, 4) is 23.1 Å². The summed E-state index contributed by atoms with van der Waals surface area (Å²) in [6.45, 7) is 1.96. The van der Waals surface area contributed by atoms with Gasteiger partial charge in [0.2, 0.25) is 5.91 Å². The molecule has 2 aromatic carbocycles. The van der Waals surface area contributed by atoms with Crippen LogP contribution < -0.4 is 14.8 Å². The minimum absolute atomic E-state index is 0.160. The van der Waals surface area contributed by atoms with Gasteiger partial charge in [-0.15, -0.1) is 10.2 Å². The first-order chi connectivity index (χ1) is 15.0. The molecule has 2 aromatic heterocycles. The second-order valence-electron chi connectivity index (χ2n) is 6.90. The molecule has 1 N–H and O–H groups in total. The molecule has 1 amide bonds. The summed E-state index contributed by atoms with van der Waals surface area (Å²) < 4.78 is 18.4. The lowest BCUT2D eigenvalue weighted by molar-refractivity contribution is -0.113. The molecular formula is C22H22N4O4S. The maximum Gasteiger partial charge on any atom is 0.234 e. The standard InChI is InChI=1S/C22H22N4O4S/c1-13-8-9-16(28-3)15(10-13)23-19(27)12-31-22-25-24-21(26(22)2)18-11-14-6-5-7-17(29-4)20(14)30-18/h5-11H,12H2,1-4H3,(H,23,27). The Morgan fingerprint density at radius 2 is 1.94 bits per heavy atom. The summed E-state index contributed by atoms with van der Waals surface area (Å²) in [4.78, 5) is 12.5. The Balaban J connectivity index is 1.48. The Bertz CT molecular complexity index is 1250. The van der Waals surface area contributed by atoms with Gasteiger partial charge in [-0.05, 0) is 36.8 Å². The fourth-order valence-corrected chi connectivity index (χ4v) is 3.91. The molecule has 0 bridgehead atoms. The first kappa shape index (κ1) is 20.8. The molecule has 0 saturated heterocycles. The van der Waals surface area contributed by atoms with E-state index in [-0.39, 0.29) is 11.7 Å². The number of benzene rings is 2. The number of para-hydroxylation sites is 1. The monoisotopic (exact) mass is 438 g/mol. The molecule has 2 heterocycles. The van der Waals surface area contributed by atoms with Crippen LogP contribution in [0.3, 0.4) is 0 Å². The van der Waals surface area contributed by atoms with E-state index < -0.39 is 0 Å². The van der Waals surface area contributed by atoms with Crippen LogP contribution in [-0.4, -0.2) is 40.6 Å². The van der Waals surface area contributed by atoms with Crippen molar-refractivity contribution in [2.45, 2.75) is 12.1 Å². The van der Waals surface area contributed by atoms with Gasteiger partial charge in [0.1, 0.15) is 5.75 Å². The van der Waals surface area contributed by atoms with Crippen LogP contribution in [0.1, 0.15) is 5.56 Å². The van der Waals surface area contributed by atoms with Gasteiger partial charge in [-0.25, -0.2) is 0 Å². The van der Waals surface area contributed by atoms with Crippen LogP contribution in [0.15, 0.2) is 52.0 Å². The molecule has 31 heavy (non-hydrogen) atoms. The fourth-order valence-electron chi connectivity index (χ4n) is 3.20. The van der Waals surface area contributed by atoms with Crippen LogP contribution in [0.2, 0.25) is 0 Å². The van der Waals surface area contributed by atoms with E-state index in [2.05, 4.69) is 15.5 Å². The number of aryl methyl sites for hydroxylation is 1. The maximum atomic E-state index is 12.5. The van der Waals surface area contributed by atoms with Crippen LogP contribution in [-0.2, 0) is 11.8 Å². The van der Waals surface area contributed by atoms with Crippen LogP contribution >= 0.6 is 11.8 Å². The highest BCUT2D eigenvalue weighted by Gasteiger charge is 2.18. The van der Waals surface area contributed by atoms with Crippen LogP contribution in [0.25, 0.3) is 22.6 Å². The van der Waals surface area contributed by atoms with E-state index in [0.29, 0.717) is 39.5 Å². The number of nitrogens with one attached hydrogen (secondary N) is 1. The summed E-state index contributed by atoms with van der Waals surface area (Å²) in [7, 11) is 5.01. The van der Waals surface area contributed by atoms with Gasteiger partial charge in [0.05, 0.1) is 25.7 Å². The average molecular weight is 439 g/mol. The predicted molar refractivity (Wildman–Crippen MR) is 120 cm³/mol. The lowest BCUT2D eigenvalue weighted by atomic mass is 10.2. The number of ether oxygens (including phenoxy) is 2. The minimum Gasteiger partial charge on any atom is -0.495 e. The second-order valence-corrected chi connectivity index (χ2v) is 7.84. The molecule has 160 valence electrons. The molecule has 0 atom stereocenters. The number of hydrogen-bond donors (Lipinski definition) is 1. The third kappa shape index (κ3) is 4.22. The number of carbonyl (C=O) groups excluding carboxylic acids is 1. The van der Waals surface area contributed by atoms with Crippen molar-refractivity contribution in [2.24, 2.45) is 7.05 Å². The maximum absolute atomic E-state index is 12.5. The van der Waals surface area contributed by atoms with Crippen molar-refractivity contribution in [3.05, 3.63) is 48.0 Å². The highest BCUT2D eigenvalue weighted by atomic mass is 32.2. The number of fused-ring (bicyclic) bond motifs is 1. The zero-order valence-electron chi connectivity index (χ0n) is 17.6. The van der Waals surface area contributed by atoms with Crippen molar-refractivity contribution in [1.82, 2.24) is 14.8 Å². The van der Waals surface area contributed by atoms with Gasteiger partial charge in [0.25, 0.3) is 0 Å². The molecule has 0 aliphatic heterocycles. The Morgan fingerprint density at radius 3 is 2.71 bits per heavy atom. The summed E-state index contributed by atoms with van der Waals surface area (Å²) in [5.74, 6) is 2.44. The quantitative estimate of drug-likeness (QED) is 0.431. The topological polar surface area (TPSA) is 91.4 Å². The summed E-state index contributed by atoms with van der Waals surface area (Å²) in [6, 6.07) is 13.2. The second kappa shape index (κ2) is 8.73. The molecule has 8 nitrogen and oxygen atoms in total. The number of carbonyl (C=O) groups is 1. The van der Waals surface area contributed by atoms with E-state index >= 15 is 0 Å². The molecule has 0 aliphatic rings. The lowest BCUT2D eigenvalue weighted by Gasteiger charge is -2.10. The van der Waals surface area contributed by atoms with Crippen molar-refractivity contribution in [1.29, 1.82) is 0 Å². The van der Waals surface area contributed by atoms with Gasteiger partial charge in [-0.1, -0.05) is 30.0 Å². The van der Waals surface area contributed by atoms with Gasteiger partial charge in [-0.3, -0.25) is 4.79 Å². The number of nitrogens with zero attached hydrogens (tertiary/aromatic N) is 3. The lowest BCUT2D eigenvalue weighted by Crippen LogP contribution is -2.15. The summed E-state index contributed by atoms with van der Waals surface area (Å²) in [6.07, 6.45) is 0. The van der Waals surface area contributed by atoms with Crippen molar-refractivity contribution in [2.75, 3.05) is 25.3 Å². The molecule has 0 spiro atoms. The van der Waals surface area contributed by atoms with Gasteiger partial charge >= 0.3 is 0 Å². The number of methoxy groups -OCH3 is 2. The third-order valence-electron chi connectivity index (χ3n) is 4.74. The van der Waals surface area contributed by atoms with Crippen molar-refractivity contribution < 1.29 is 18.7 Å². The zero-order valence-corrected chi connectivity index (χ0v) is 18.4. The summed E-state index contributed by atoms with van der Waals surface area (Å²) >= 11 is 1.29. The molecule has 0 radical (unpaired) electrons. The van der Waals surface area contributed by atoms with Crippen LogP contribution in [0.4, 0.5) is 5.69 Å². The van der Waals surface area contributed by atoms with E-state index in [9.17, 15) is 4.79 Å². The Kier molecular flexibility index (Phi) is 5.85. The number of aromatic nitrogens is 3. The first-order valence-corrected chi connectivity index (χ1v) is 10.5. The van der Waals surface area contributed by atoms with Gasteiger partial charge in [0, 0.05) is 12.4 Å². The smallest absolute Gasteiger partial charge is 0.234 e. The Labute approximate surface area is 183 Å². The van der Waals surface area contributed by atoms with E-state index in [1.165, 1.54) is 11.8 Å². The molecule has 4 aromatic rings. The number of amides is 1. The largest absolute Gasteiger partial charge is 0.495 e. The zero-order chi connectivity index (χ0) is 22.0. The molecule has 0 unspecified atom stereocenters. The SMILES string of the molecule is COc1ccc(C)cc1NC(=O)CSc1nnc(-c2cc3cccc(OC)c3o2)n1C. The molecule has 0 fully saturated rings. The number of rotatable bonds is 7. The highest BCUT2D eigenvalue weighted by molar-refractivity contribution is 7.99. The Hall–Kier alpha value is -3.46. The van der Waals surface area contributed by atoms with Gasteiger partial charge in [-0.2, -0.15) is 0 Å². The molecule has 4 rings (SSSR count). The molecular weight excluding hydrogens is 416 g/mol. The summed E-state index contributed by atoms with van der Waals surface area (Å²) in [5, 5.41) is 12.9.